The molecule has 0 aliphatic heterocycles. The van der Waals surface area contributed by atoms with Crippen LogP contribution in [0.25, 0.3) is 0 Å². The Labute approximate surface area is 201 Å². The summed E-state index contributed by atoms with van der Waals surface area (Å²) in [5.74, 6) is 1.26. The summed E-state index contributed by atoms with van der Waals surface area (Å²) in [4.78, 5) is 25.8. The Morgan fingerprint density at radius 1 is 0.879 bits per heavy atom. The highest BCUT2D eigenvalue weighted by Crippen LogP contribution is 2.36. The molecule has 0 saturated heterocycles. The van der Waals surface area contributed by atoms with E-state index >= 15 is 0 Å². The molecule has 0 unspecified atom stereocenters. The Morgan fingerprint density at radius 3 is 2.27 bits per heavy atom. The second-order valence-corrected chi connectivity index (χ2v) is 8.19. The summed E-state index contributed by atoms with van der Waals surface area (Å²) in [5.41, 5.74) is 1.60. The lowest BCUT2D eigenvalue weighted by molar-refractivity contribution is -0.113. The highest BCUT2D eigenvalue weighted by molar-refractivity contribution is 8.00. The number of hydrogen-bond donors (Lipinski definition) is 2. The molecule has 0 fully saturated rings. The maximum Gasteiger partial charge on any atom is 0.255 e. The minimum atomic E-state index is -0.235. The van der Waals surface area contributed by atoms with E-state index in [2.05, 4.69) is 10.6 Å². The van der Waals surface area contributed by atoms with Crippen LogP contribution in [0.1, 0.15) is 10.4 Å². The zero-order chi connectivity index (χ0) is 23.8. The molecule has 0 bridgehead atoms. The molecule has 0 heterocycles. The van der Waals surface area contributed by atoms with E-state index in [0.717, 1.165) is 4.90 Å². The highest BCUT2D eigenvalue weighted by atomic mass is 35.5. The van der Waals surface area contributed by atoms with Crippen LogP contribution in [0, 0.1) is 0 Å². The summed E-state index contributed by atoms with van der Waals surface area (Å²) in [6.07, 6.45) is 0. The third-order valence-electron chi connectivity index (χ3n) is 4.56. The summed E-state index contributed by atoms with van der Waals surface area (Å²) < 4.78 is 15.6. The summed E-state index contributed by atoms with van der Waals surface area (Å²) >= 11 is 7.49. The number of carbonyl (C=O) groups excluding carboxylic acids is 2. The van der Waals surface area contributed by atoms with Gasteiger partial charge >= 0.3 is 0 Å². The first kappa shape index (κ1) is 24.3. The van der Waals surface area contributed by atoms with Gasteiger partial charge in [0.15, 0.2) is 0 Å². The van der Waals surface area contributed by atoms with Gasteiger partial charge in [0.2, 0.25) is 5.91 Å². The second kappa shape index (κ2) is 11.5. The predicted octanol–water partition coefficient (Wildman–Crippen LogP) is 5.35. The number of benzene rings is 3. The van der Waals surface area contributed by atoms with Crippen LogP contribution in [0.4, 0.5) is 11.4 Å². The summed E-state index contributed by atoms with van der Waals surface area (Å²) in [5, 5.41) is 6.02. The third kappa shape index (κ3) is 6.57. The van der Waals surface area contributed by atoms with E-state index in [-0.39, 0.29) is 17.6 Å². The van der Waals surface area contributed by atoms with Gasteiger partial charge in [-0.3, -0.25) is 9.59 Å². The van der Waals surface area contributed by atoms with Crippen LogP contribution >= 0.6 is 23.4 Å². The molecule has 0 radical (unpaired) electrons. The standard InChI is InChI=1S/C24H23ClN2O5S/c1-30-17-9-7-15(8-10-17)24(29)26-16-5-4-6-18(11-16)33-14-23(28)27-20-12-19(25)21(31-2)13-22(20)32-3/h4-13H,14H2,1-3H3,(H,26,29)(H,27,28). The lowest BCUT2D eigenvalue weighted by atomic mass is 10.2. The summed E-state index contributed by atoms with van der Waals surface area (Å²) in [6, 6.07) is 17.3. The average Bonchev–Trinajstić information content (AvgIpc) is 2.83. The molecule has 172 valence electrons. The first-order chi connectivity index (χ1) is 15.9. The van der Waals surface area contributed by atoms with Gasteiger partial charge in [0, 0.05) is 22.2 Å². The second-order valence-electron chi connectivity index (χ2n) is 6.73. The first-order valence-corrected chi connectivity index (χ1v) is 11.2. The van der Waals surface area contributed by atoms with Gasteiger partial charge < -0.3 is 24.8 Å². The number of rotatable bonds is 9. The molecule has 3 aromatic carbocycles. The van der Waals surface area contributed by atoms with Crippen LogP contribution in [-0.4, -0.2) is 38.9 Å². The molecule has 0 aromatic heterocycles. The normalized spacial score (nSPS) is 10.3. The average molecular weight is 487 g/mol. The molecule has 2 amide bonds. The van der Waals surface area contributed by atoms with Crippen LogP contribution in [0.3, 0.4) is 0 Å². The van der Waals surface area contributed by atoms with Crippen molar-refractivity contribution in [2.24, 2.45) is 0 Å². The third-order valence-corrected chi connectivity index (χ3v) is 5.85. The minimum absolute atomic E-state index is 0.155. The van der Waals surface area contributed by atoms with Crippen LogP contribution in [-0.2, 0) is 4.79 Å². The van der Waals surface area contributed by atoms with Crippen LogP contribution in [0.2, 0.25) is 5.02 Å². The van der Waals surface area contributed by atoms with Crippen LogP contribution in [0.5, 0.6) is 17.2 Å². The molecule has 0 spiro atoms. The van der Waals surface area contributed by atoms with Gasteiger partial charge in [-0.2, -0.15) is 0 Å². The maximum atomic E-state index is 12.5. The number of halogens is 1. The molecule has 0 saturated carbocycles. The van der Waals surface area contributed by atoms with Crippen molar-refractivity contribution in [2.75, 3.05) is 37.7 Å². The van der Waals surface area contributed by atoms with Crippen LogP contribution in [0.15, 0.2) is 65.6 Å². The lowest BCUT2D eigenvalue weighted by Crippen LogP contribution is -2.15. The Balaban J connectivity index is 1.60. The van der Waals surface area contributed by atoms with Crippen molar-refractivity contribution >= 4 is 46.6 Å². The van der Waals surface area contributed by atoms with E-state index in [0.29, 0.717) is 39.2 Å². The number of methoxy groups -OCH3 is 3. The summed E-state index contributed by atoms with van der Waals surface area (Å²) in [6.45, 7) is 0. The molecule has 3 rings (SSSR count). The number of thioether (sulfide) groups is 1. The lowest BCUT2D eigenvalue weighted by Gasteiger charge is -2.13. The minimum Gasteiger partial charge on any atom is -0.497 e. The highest BCUT2D eigenvalue weighted by Gasteiger charge is 2.13. The van der Waals surface area contributed by atoms with Crippen molar-refractivity contribution < 1.29 is 23.8 Å². The number of hydrogen-bond acceptors (Lipinski definition) is 6. The fourth-order valence-electron chi connectivity index (χ4n) is 2.90. The molecule has 0 aliphatic carbocycles. The topological polar surface area (TPSA) is 85.9 Å². The number of carbonyl (C=O) groups is 2. The first-order valence-electron chi connectivity index (χ1n) is 9.83. The fraction of sp³-hybridized carbons (Fsp3) is 0.167. The Kier molecular flexibility index (Phi) is 8.46. The molecule has 9 heteroatoms. The molecule has 7 nitrogen and oxygen atoms in total. The Hall–Kier alpha value is -3.36. The largest absolute Gasteiger partial charge is 0.497 e. The van der Waals surface area contributed by atoms with Crippen molar-refractivity contribution in [3.63, 3.8) is 0 Å². The van der Waals surface area contributed by atoms with Crippen molar-refractivity contribution in [3.05, 3.63) is 71.2 Å². The van der Waals surface area contributed by atoms with E-state index in [4.69, 9.17) is 25.8 Å². The Bertz CT molecular complexity index is 1140. The molecular formula is C24H23ClN2O5S. The molecule has 0 aliphatic rings. The van der Waals surface area contributed by atoms with E-state index in [1.54, 1.807) is 49.6 Å². The SMILES string of the molecule is COc1ccc(C(=O)Nc2cccc(SCC(=O)Nc3cc(Cl)c(OC)cc3OC)c2)cc1. The molecule has 33 heavy (non-hydrogen) atoms. The van der Waals surface area contributed by atoms with Gasteiger partial charge in [-0.1, -0.05) is 17.7 Å². The number of ether oxygens (including phenoxy) is 3. The van der Waals surface area contributed by atoms with Crippen LogP contribution < -0.4 is 24.8 Å². The number of nitrogens with one attached hydrogen (secondary N) is 2. The van der Waals surface area contributed by atoms with Gasteiger partial charge in [0.05, 0.1) is 37.8 Å². The molecule has 3 aromatic rings. The van der Waals surface area contributed by atoms with E-state index in [1.807, 2.05) is 18.2 Å². The Morgan fingerprint density at radius 2 is 1.61 bits per heavy atom. The van der Waals surface area contributed by atoms with Crippen molar-refractivity contribution in [1.82, 2.24) is 0 Å². The maximum absolute atomic E-state index is 12.5. The fourth-order valence-corrected chi connectivity index (χ4v) is 3.90. The van der Waals surface area contributed by atoms with Crippen molar-refractivity contribution in [3.8, 4) is 17.2 Å². The van der Waals surface area contributed by atoms with Gasteiger partial charge in [0.25, 0.3) is 5.91 Å². The molecular weight excluding hydrogens is 464 g/mol. The van der Waals surface area contributed by atoms with Crippen molar-refractivity contribution in [1.29, 1.82) is 0 Å². The molecule has 2 N–H and O–H groups in total. The summed E-state index contributed by atoms with van der Waals surface area (Å²) in [7, 11) is 4.57. The zero-order valence-electron chi connectivity index (χ0n) is 18.3. The van der Waals surface area contributed by atoms with E-state index in [1.165, 1.54) is 26.0 Å². The van der Waals surface area contributed by atoms with Gasteiger partial charge in [-0.05, 0) is 48.5 Å². The van der Waals surface area contributed by atoms with E-state index < -0.39 is 0 Å². The van der Waals surface area contributed by atoms with E-state index in [9.17, 15) is 9.59 Å². The van der Waals surface area contributed by atoms with Gasteiger partial charge in [-0.25, -0.2) is 0 Å². The van der Waals surface area contributed by atoms with Crippen molar-refractivity contribution in [2.45, 2.75) is 4.90 Å². The zero-order valence-corrected chi connectivity index (χ0v) is 19.9. The quantitative estimate of drug-likeness (QED) is 0.396. The predicted molar refractivity (Wildman–Crippen MR) is 131 cm³/mol. The smallest absolute Gasteiger partial charge is 0.255 e. The van der Waals surface area contributed by atoms with Gasteiger partial charge in [-0.15, -0.1) is 11.8 Å². The number of anilines is 2. The number of amides is 2. The molecule has 0 atom stereocenters. The monoisotopic (exact) mass is 486 g/mol. The van der Waals surface area contributed by atoms with Gasteiger partial charge in [0.1, 0.15) is 17.2 Å².